The summed E-state index contributed by atoms with van der Waals surface area (Å²) in [6.07, 6.45) is 1.68. The predicted molar refractivity (Wildman–Crippen MR) is 81.8 cm³/mol. The number of guanidine groups is 1. The average molecular weight is 319 g/mol. The minimum Gasteiger partial charge on any atom is -0.454 e. The van der Waals surface area contributed by atoms with Crippen molar-refractivity contribution in [2.24, 2.45) is 4.99 Å². The zero-order valence-corrected chi connectivity index (χ0v) is 12.5. The van der Waals surface area contributed by atoms with Crippen molar-refractivity contribution in [3.8, 4) is 11.5 Å². The van der Waals surface area contributed by atoms with E-state index < -0.39 is 6.04 Å². The molecule has 8 nitrogen and oxygen atoms in total. The Bertz CT molecular complexity index is 682. The van der Waals surface area contributed by atoms with E-state index in [1.54, 1.807) is 25.3 Å². The molecule has 23 heavy (non-hydrogen) atoms. The molecule has 1 aromatic rings. The number of ether oxygens (including phenoxy) is 2. The Morgan fingerprint density at radius 2 is 2.09 bits per heavy atom. The number of nitrogens with one attached hydrogen (secondary N) is 1. The minimum absolute atomic E-state index is 0.190. The lowest BCUT2D eigenvalue weighted by atomic mass is 10.1. The first-order valence-electron chi connectivity index (χ1n) is 7.08. The largest absolute Gasteiger partial charge is 0.454 e. The lowest BCUT2D eigenvalue weighted by molar-refractivity contribution is -0.121. The van der Waals surface area contributed by atoms with Gasteiger partial charge in [0, 0.05) is 7.05 Å². The molecule has 1 fully saturated rings. The second-order valence-corrected chi connectivity index (χ2v) is 5.13. The summed E-state index contributed by atoms with van der Waals surface area (Å²) in [7, 11) is 1.57. The summed E-state index contributed by atoms with van der Waals surface area (Å²) < 4.78 is 10.6. The highest BCUT2D eigenvalue weighted by atomic mass is 16.7. The van der Waals surface area contributed by atoms with E-state index in [-0.39, 0.29) is 31.9 Å². The molecule has 122 valence electrons. The lowest BCUT2D eigenvalue weighted by Gasteiger charge is -2.11. The molecule has 0 unspecified atom stereocenters. The molecule has 8 heteroatoms. The molecule has 0 saturated carbocycles. The monoisotopic (exact) mass is 319 g/mol. The number of aliphatic hydroxyl groups excluding tert-OH is 2. The second-order valence-electron chi connectivity index (χ2n) is 5.13. The van der Waals surface area contributed by atoms with E-state index in [0.717, 1.165) is 5.56 Å². The van der Waals surface area contributed by atoms with Crippen molar-refractivity contribution in [2.75, 3.05) is 27.1 Å². The molecule has 0 aliphatic carbocycles. The molecule has 1 saturated heterocycles. The van der Waals surface area contributed by atoms with Gasteiger partial charge < -0.3 is 25.0 Å². The molecule has 0 atom stereocenters. The third-order valence-electron chi connectivity index (χ3n) is 3.53. The van der Waals surface area contributed by atoms with E-state index in [0.29, 0.717) is 17.2 Å². The molecular weight excluding hydrogens is 302 g/mol. The van der Waals surface area contributed by atoms with Gasteiger partial charge in [-0.05, 0) is 23.8 Å². The number of hydrogen-bond donors (Lipinski definition) is 3. The number of fused-ring (bicyclic) bond motifs is 1. The van der Waals surface area contributed by atoms with Gasteiger partial charge in [0.1, 0.15) is 5.70 Å². The molecule has 3 rings (SSSR count). The van der Waals surface area contributed by atoms with Gasteiger partial charge in [-0.2, -0.15) is 0 Å². The molecule has 0 bridgehead atoms. The van der Waals surface area contributed by atoms with Crippen molar-refractivity contribution in [3.63, 3.8) is 0 Å². The first-order valence-corrected chi connectivity index (χ1v) is 7.08. The molecule has 0 aromatic heterocycles. The molecule has 1 aromatic carbocycles. The van der Waals surface area contributed by atoms with Crippen molar-refractivity contribution in [3.05, 3.63) is 29.5 Å². The Labute approximate surface area is 132 Å². The van der Waals surface area contributed by atoms with Crippen LogP contribution in [0.4, 0.5) is 0 Å². The van der Waals surface area contributed by atoms with Crippen LogP contribution in [0.25, 0.3) is 6.08 Å². The summed E-state index contributed by atoms with van der Waals surface area (Å²) in [5.74, 6) is 1.34. The Hall–Kier alpha value is -2.58. The number of rotatable bonds is 4. The fourth-order valence-electron chi connectivity index (χ4n) is 2.23. The van der Waals surface area contributed by atoms with Gasteiger partial charge in [0.2, 0.25) is 12.8 Å². The first kappa shape index (κ1) is 15.3. The topological polar surface area (TPSA) is 104 Å². The van der Waals surface area contributed by atoms with E-state index in [1.165, 1.54) is 4.90 Å². The Balaban J connectivity index is 1.84. The number of nitrogens with zero attached hydrogens (tertiary/aromatic N) is 2. The molecule has 3 N–H and O–H groups in total. The normalized spacial score (nSPS) is 20.0. The van der Waals surface area contributed by atoms with Crippen LogP contribution in [0.2, 0.25) is 0 Å². The number of aliphatic imine (C=N–C) groups is 1. The standard InChI is InChI=1S/C15H17N3O5/c1-18-14(21)11(17-15(18)16-10(6-19)7-20)4-9-2-3-12-13(5-9)23-8-22-12/h2-5,10,19-20H,6-8H2,1H3,(H,16,17)/b11-4+. The van der Waals surface area contributed by atoms with Gasteiger partial charge in [-0.15, -0.1) is 0 Å². The highest BCUT2D eigenvalue weighted by molar-refractivity contribution is 6.15. The summed E-state index contributed by atoms with van der Waals surface area (Å²) >= 11 is 0. The van der Waals surface area contributed by atoms with Crippen molar-refractivity contribution >= 4 is 17.9 Å². The molecule has 1 amide bonds. The average Bonchev–Trinajstić information content (AvgIpc) is 3.12. The van der Waals surface area contributed by atoms with Crippen molar-refractivity contribution in [1.29, 1.82) is 0 Å². The van der Waals surface area contributed by atoms with E-state index >= 15 is 0 Å². The number of likely N-dealkylation sites (N-methyl/N-ethyl adjacent to an activating group) is 1. The summed E-state index contributed by atoms with van der Waals surface area (Å²) in [4.78, 5) is 17.7. The summed E-state index contributed by atoms with van der Waals surface area (Å²) in [6.45, 7) is -0.411. The van der Waals surface area contributed by atoms with Crippen LogP contribution in [0, 0.1) is 0 Å². The van der Waals surface area contributed by atoms with E-state index in [1.807, 2.05) is 6.07 Å². The molecule has 2 heterocycles. The first-order chi connectivity index (χ1) is 11.1. The Kier molecular flexibility index (Phi) is 4.18. The summed E-state index contributed by atoms with van der Waals surface area (Å²) in [5.41, 5.74) is 1.13. The SMILES string of the molecule is CN1C(=O)/C(=C\c2ccc3c(c2)OCO3)NC1=NC(CO)CO. The van der Waals surface area contributed by atoms with Gasteiger partial charge in [-0.25, -0.2) is 4.99 Å². The van der Waals surface area contributed by atoms with Crippen LogP contribution < -0.4 is 14.8 Å². The third-order valence-corrected chi connectivity index (χ3v) is 3.53. The third kappa shape index (κ3) is 2.99. The number of carbonyl (C=O) groups excluding carboxylic acids is 1. The van der Waals surface area contributed by atoms with Crippen LogP contribution in [0.1, 0.15) is 5.56 Å². The van der Waals surface area contributed by atoms with Crippen molar-refractivity contribution < 1.29 is 24.5 Å². The maximum absolute atomic E-state index is 12.2. The molecular formula is C15H17N3O5. The van der Waals surface area contributed by atoms with Crippen molar-refractivity contribution in [1.82, 2.24) is 10.2 Å². The van der Waals surface area contributed by atoms with Gasteiger partial charge in [0.05, 0.1) is 19.3 Å². The van der Waals surface area contributed by atoms with Crippen LogP contribution in [-0.2, 0) is 4.79 Å². The molecule has 2 aliphatic heterocycles. The fourth-order valence-corrected chi connectivity index (χ4v) is 2.23. The lowest BCUT2D eigenvalue weighted by Crippen LogP contribution is -2.31. The van der Waals surface area contributed by atoms with Crippen LogP contribution in [-0.4, -0.2) is 60.1 Å². The quantitative estimate of drug-likeness (QED) is 0.648. The minimum atomic E-state index is -0.669. The van der Waals surface area contributed by atoms with Crippen molar-refractivity contribution in [2.45, 2.75) is 6.04 Å². The van der Waals surface area contributed by atoms with Gasteiger partial charge in [-0.1, -0.05) is 6.07 Å². The maximum Gasteiger partial charge on any atom is 0.276 e. The van der Waals surface area contributed by atoms with Crippen LogP contribution >= 0.6 is 0 Å². The van der Waals surface area contributed by atoms with Gasteiger partial charge in [-0.3, -0.25) is 9.69 Å². The van der Waals surface area contributed by atoms with Gasteiger partial charge in [0.15, 0.2) is 11.5 Å². The number of hydrogen-bond acceptors (Lipinski definition) is 6. The van der Waals surface area contributed by atoms with E-state index in [4.69, 9.17) is 19.7 Å². The number of aliphatic hydroxyl groups is 2. The Morgan fingerprint density at radius 3 is 2.83 bits per heavy atom. The zero-order valence-electron chi connectivity index (χ0n) is 12.5. The highest BCUT2D eigenvalue weighted by Gasteiger charge is 2.29. The molecule has 2 aliphatic rings. The summed E-state index contributed by atoms with van der Waals surface area (Å²) in [6, 6.07) is 4.71. The highest BCUT2D eigenvalue weighted by Crippen LogP contribution is 2.33. The predicted octanol–water partition coefficient (Wildman–Crippen LogP) is -0.473. The molecule has 0 spiro atoms. The number of amides is 1. The summed E-state index contributed by atoms with van der Waals surface area (Å²) in [5, 5.41) is 21.1. The van der Waals surface area contributed by atoms with Gasteiger partial charge in [0.25, 0.3) is 5.91 Å². The maximum atomic E-state index is 12.2. The van der Waals surface area contributed by atoms with Gasteiger partial charge >= 0.3 is 0 Å². The van der Waals surface area contributed by atoms with Crippen LogP contribution in [0.5, 0.6) is 11.5 Å². The number of carbonyl (C=O) groups is 1. The van der Waals surface area contributed by atoms with E-state index in [9.17, 15) is 4.79 Å². The Morgan fingerprint density at radius 1 is 1.35 bits per heavy atom. The van der Waals surface area contributed by atoms with E-state index in [2.05, 4.69) is 10.3 Å². The smallest absolute Gasteiger partial charge is 0.276 e. The van der Waals surface area contributed by atoms with Crippen LogP contribution in [0.15, 0.2) is 28.9 Å². The second kappa shape index (κ2) is 6.27. The zero-order chi connectivity index (χ0) is 16.4. The molecule has 0 radical (unpaired) electrons. The fraction of sp³-hybridized carbons (Fsp3) is 0.333. The number of benzene rings is 1. The van der Waals surface area contributed by atoms with Crippen LogP contribution in [0.3, 0.4) is 0 Å².